The number of aryl methyl sites for hydroxylation is 1. The number of carbonyl (C=O) groups excluding carboxylic acids is 2. The van der Waals surface area contributed by atoms with Crippen LogP contribution in [-0.4, -0.2) is 39.7 Å². The highest BCUT2D eigenvalue weighted by Crippen LogP contribution is 2.15. The summed E-state index contributed by atoms with van der Waals surface area (Å²) >= 11 is 0. The summed E-state index contributed by atoms with van der Waals surface area (Å²) in [4.78, 5) is 25.8. The summed E-state index contributed by atoms with van der Waals surface area (Å²) in [5, 5.41) is 9.65. The molecule has 0 fully saturated rings. The average molecular weight is 358 g/mol. The molecule has 0 aliphatic heterocycles. The summed E-state index contributed by atoms with van der Waals surface area (Å²) in [6.07, 6.45) is 0.391. The first-order valence-electron chi connectivity index (χ1n) is 8.56. The number of hydrogen-bond donors (Lipinski definition) is 2. The molecule has 26 heavy (non-hydrogen) atoms. The van der Waals surface area contributed by atoms with E-state index < -0.39 is 11.7 Å². The fourth-order valence-electron chi connectivity index (χ4n) is 2.28. The highest BCUT2D eigenvalue weighted by molar-refractivity contribution is 6.02. The maximum Gasteiger partial charge on any atom is 0.410 e. The van der Waals surface area contributed by atoms with Crippen LogP contribution in [0.15, 0.2) is 30.3 Å². The highest BCUT2D eigenvalue weighted by atomic mass is 16.6. The van der Waals surface area contributed by atoms with Crippen molar-refractivity contribution in [2.75, 3.05) is 12.4 Å². The highest BCUT2D eigenvalue weighted by Gasteiger charge is 2.19. The summed E-state index contributed by atoms with van der Waals surface area (Å²) in [6.45, 7) is 7.84. The molecule has 0 bridgehead atoms. The van der Waals surface area contributed by atoms with E-state index in [-0.39, 0.29) is 5.91 Å². The summed E-state index contributed by atoms with van der Waals surface area (Å²) < 4.78 is 5.34. The summed E-state index contributed by atoms with van der Waals surface area (Å²) in [6, 6.07) is 9.07. The van der Waals surface area contributed by atoms with Crippen LogP contribution in [-0.2, 0) is 17.7 Å². The minimum Gasteiger partial charge on any atom is -0.444 e. The Labute approximate surface area is 153 Å². The number of nitrogens with zero attached hydrogens (tertiary/aromatic N) is 2. The average Bonchev–Trinajstić information content (AvgIpc) is 3.02. The second-order valence-corrected chi connectivity index (χ2v) is 7.12. The third-order valence-electron chi connectivity index (χ3n) is 3.55. The van der Waals surface area contributed by atoms with E-state index in [0.717, 1.165) is 17.7 Å². The molecule has 2 N–H and O–H groups in total. The normalized spacial score (nSPS) is 11.1. The number of amides is 2. The molecule has 7 heteroatoms. The lowest BCUT2D eigenvalue weighted by Gasteiger charge is -2.24. The minimum atomic E-state index is -0.540. The zero-order valence-corrected chi connectivity index (χ0v) is 15.9. The Morgan fingerprint density at radius 1 is 1.27 bits per heavy atom. The molecule has 0 radical (unpaired) electrons. The molecular weight excluding hydrogens is 332 g/mol. The van der Waals surface area contributed by atoms with Gasteiger partial charge in [0, 0.05) is 25.0 Å². The number of rotatable bonds is 5. The number of hydrogen-bond acceptors (Lipinski definition) is 4. The SMILES string of the molecule is CCc1cc(C(=O)Nc2cccc(CN(C)C(=O)OC(C)(C)C)c2)n[nH]1. The van der Waals surface area contributed by atoms with E-state index in [0.29, 0.717) is 17.9 Å². The van der Waals surface area contributed by atoms with Gasteiger partial charge in [-0.15, -0.1) is 0 Å². The zero-order valence-electron chi connectivity index (χ0n) is 15.9. The standard InChI is InChI=1S/C19H26N4O3/c1-6-14-11-16(22-21-14)17(24)20-15-9-7-8-13(10-15)12-23(5)18(25)26-19(2,3)4/h7-11H,6,12H2,1-5H3,(H,20,24)(H,21,22). The van der Waals surface area contributed by atoms with Crippen LogP contribution in [0, 0.1) is 0 Å². The smallest absolute Gasteiger partial charge is 0.410 e. The Balaban J connectivity index is 2.01. The molecule has 0 aliphatic rings. The molecule has 0 saturated carbocycles. The molecule has 0 spiro atoms. The van der Waals surface area contributed by atoms with Gasteiger partial charge >= 0.3 is 6.09 Å². The van der Waals surface area contributed by atoms with Gasteiger partial charge in [0.05, 0.1) is 0 Å². The Kier molecular flexibility index (Phi) is 6.02. The topological polar surface area (TPSA) is 87.3 Å². The molecule has 0 unspecified atom stereocenters. The minimum absolute atomic E-state index is 0.279. The van der Waals surface area contributed by atoms with Crippen molar-refractivity contribution < 1.29 is 14.3 Å². The van der Waals surface area contributed by atoms with Crippen molar-refractivity contribution in [1.82, 2.24) is 15.1 Å². The molecule has 1 heterocycles. The third kappa shape index (κ3) is 5.61. The van der Waals surface area contributed by atoms with Gasteiger partial charge in [-0.3, -0.25) is 9.89 Å². The first kappa shape index (κ1) is 19.5. The van der Waals surface area contributed by atoms with Gasteiger partial charge in [0.2, 0.25) is 0 Å². The molecular formula is C19H26N4O3. The number of benzene rings is 1. The van der Waals surface area contributed by atoms with Gasteiger partial charge in [-0.2, -0.15) is 5.10 Å². The molecule has 2 aromatic rings. The van der Waals surface area contributed by atoms with Crippen molar-refractivity contribution in [2.45, 2.75) is 46.3 Å². The zero-order chi connectivity index (χ0) is 19.3. The fraction of sp³-hybridized carbons (Fsp3) is 0.421. The number of nitrogens with one attached hydrogen (secondary N) is 2. The van der Waals surface area contributed by atoms with Crippen molar-refractivity contribution >= 4 is 17.7 Å². The van der Waals surface area contributed by atoms with Crippen LogP contribution >= 0.6 is 0 Å². The Bertz CT molecular complexity index is 777. The van der Waals surface area contributed by atoms with Crippen molar-refractivity contribution in [3.05, 3.63) is 47.3 Å². The molecule has 0 aliphatic carbocycles. The summed E-state index contributed by atoms with van der Waals surface area (Å²) in [5.41, 5.74) is 2.24. The maximum atomic E-state index is 12.3. The van der Waals surface area contributed by atoms with Crippen LogP contribution in [0.5, 0.6) is 0 Å². The number of anilines is 1. The molecule has 140 valence electrons. The van der Waals surface area contributed by atoms with Gasteiger partial charge in [0.1, 0.15) is 5.60 Å². The quantitative estimate of drug-likeness (QED) is 0.855. The lowest BCUT2D eigenvalue weighted by atomic mass is 10.2. The monoisotopic (exact) mass is 358 g/mol. The van der Waals surface area contributed by atoms with Crippen LogP contribution in [0.3, 0.4) is 0 Å². The van der Waals surface area contributed by atoms with E-state index in [1.807, 2.05) is 45.9 Å². The first-order valence-corrected chi connectivity index (χ1v) is 8.56. The molecule has 1 aromatic heterocycles. The Morgan fingerprint density at radius 2 is 2.00 bits per heavy atom. The predicted octanol–water partition coefficient (Wildman–Crippen LogP) is 3.59. The van der Waals surface area contributed by atoms with E-state index in [1.165, 1.54) is 4.90 Å². The Morgan fingerprint density at radius 3 is 2.62 bits per heavy atom. The largest absolute Gasteiger partial charge is 0.444 e. The van der Waals surface area contributed by atoms with Gasteiger partial charge in [-0.1, -0.05) is 19.1 Å². The fourth-order valence-corrected chi connectivity index (χ4v) is 2.28. The van der Waals surface area contributed by atoms with Crippen molar-refractivity contribution in [3.8, 4) is 0 Å². The number of H-pyrrole nitrogens is 1. The molecule has 1 aromatic carbocycles. The second kappa shape index (κ2) is 8.03. The molecule has 2 amide bonds. The van der Waals surface area contributed by atoms with Crippen LogP contribution in [0.4, 0.5) is 10.5 Å². The molecule has 0 saturated heterocycles. The molecule has 7 nitrogen and oxygen atoms in total. The van der Waals surface area contributed by atoms with E-state index in [2.05, 4.69) is 15.5 Å². The predicted molar refractivity (Wildman–Crippen MR) is 100 cm³/mol. The van der Waals surface area contributed by atoms with Crippen molar-refractivity contribution in [1.29, 1.82) is 0 Å². The van der Waals surface area contributed by atoms with Gasteiger partial charge < -0.3 is 15.0 Å². The van der Waals surface area contributed by atoms with Crippen LogP contribution < -0.4 is 5.32 Å². The number of aromatic nitrogens is 2. The van der Waals surface area contributed by atoms with E-state index in [1.54, 1.807) is 19.2 Å². The van der Waals surface area contributed by atoms with Crippen molar-refractivity contribution in [3.63, 3.8) is 0 Å². The van der Waals surface area contributed by atoms with Crippen LogP contribution in [0.2, 0.25) is 0 Å². The summed E-state index contributed by atoms with van der Waals surface area (Å²) in [7, 11) is 1.68. The van der Waals surface area contributed by atoms with E-state index in [4.69, 9.17) is 4.74 Å². The molecule has 0 atom stereocenters. The van der Waals surface area contributed by atoms with Gasteiger partial charge in [0.25, 0.3) is 5.91 Å². The van der Waals surface area contributed by atoms with Gasteiger partial charge in [-0.05, 0) is 51.0 Å². The maximum absolute atomic E-state index is 12.3. The summed E-state index contributed by atoms with van der Waals surface area (Å²) in [5.74, 6) is -0.279. The number of carbonyl (C=O) groups is 2. The number of ether oxygens (including phenoxy) is 1. The van der Waals surface area contributed by atoms with Gasteiger partial charge in [0.15, 0.2) is 5.69 Å². The molecule has 2 rings (SSSR count). The van der Waals surface area contributed by atoms with Gasteiger partial charge in [-0.25, -0.2) is 4.79 Å². The van der Waals surface area contributed by atoms with Crippen LogP contribution in [0.25, 0.3) is 0 Å². The van der Waals surface area contributed by atoms with E-state index in [9.17, 15) is 9.59 Å². The first-order chi connectivity index (χ1) is 12.2. The Hall–Kier alpha value is -2.83. The van der Waals surface area contributed by atoms with Crippen molar-refractivity contribution in [2.24, 2.45) is 0 Å². The number of aromatic amines is 1. The van der Waals surface area contributed by atoms with E-state index >= 15 is 0 Å². The lowest BCUT2D eigenvalue weighted by Crippen LogP contribution is -2.33. The lowest BCUT2D eigenvalue weighted by molar-refractivity contribution is 0.0285. The third-order valence-corrected chi connectivity index (χ3v) is 3.55. The second-order valence-electron chi connectivity index (χ2n) is 7.12. The van der Waals surface area contributed by atoms with Crippen LogP contribution in [0.1, 0.15) is 49.4 Å².